The summed E-state index contributed by atoms with van der Waals surface area (Å²) < 4.78 is 26.6. The molecule has 0 aliphatic carbocycles. The first-order valence-corrected chi connectivity index (χ1v) is 8.88. The molecule has 5 nitrogen and oxygen atoms in total. The lowest BCUT2D eigenvalue weighted by Crippen LogP contribution is -2.37. The molecule has 0 radical (unpaired) electrons. The van der Waals surface area contributed by atoms with Crippen molar-refractivity contribution in [3.63, 3.8) is 0 Å². The molecule has 2 rings (SSSR count). The van der Waals surface area contributed by atoms with E-state index >= 15 is 0 Å². The van der Waals surface area contributed by atoms with Crippen molar-refractivity contribution in [2.75, 3.05) is 12.3 Å². The Kier molecular flexibility index (Phi) is 5.39. The number of sulfonamides is 1. The third kappa shape index (κ3) is 3.90. The molecule has 2 aromatic rings. The molecule has 0 saturated carbocycles. The summed E-state index contributed by atoms with van der Waals surface area (Å²) in [6.45, 7) is 2.10. The van der Waals surface area contributed by atoms with Crippen LogP contribution in [0.3, 0.4) is 0 Å². The molecule has 0 aliphatic heterocycles. The van der Waals surface area contributed by atoms with Gasteiger partial charge < -0.3 is 5.73 Å². The van der Waals surface area contributed by atoms with Crippen molar-refractivity contribution in [1.29, 1.82) is 0 Å². The predicted octanol–water partition coefficient (Wildman–Crippen LogP) is 2.90. The van der Waals surface area contributed by atoms with Crippen LogP contribution in [0.2, 0.25) is 0 Å². The second kappa shape index (κ2) is 7.28. The van der Waals surface area contributed by atoms with Gasteiger partial charge in [0.05, 0.1) is 4.90 Å². The minimum atomic E-state index is -3.91. The lowest BCUT2D eigenvalue weighted by molar-refractivity contribution is 0.0860. The molecule has 0 aliphatic rings. The zero-order valence-electron chi connectivity index (χ0n) is 13.0. The molecule has 0 atom stereocenters. The van der Waals surface area contributed by atoms with Crippen molar-refractivity contribution in [3.05, 3.63) is 60.2 Å². The van der Waals surface area contributed by atoms with E-state index in [0.29, 0.717) is 17.7 Å². The molecule has 6 heteroatoms. The molecule has 2 aromatic carbocycles. The highest BCUT2D eigenvalue weighted by molar-refractivity contribution is 7.89. The monoisotopic (exact) mass is 332 g/mol. The van der Waals surface area contributed by atoms with Crippen LogP contribution >= 0.6 is 0 Å². The molecule has 0 bridgehead atoms. The number of nitrogens with zero attached hydrogens (tertiary/aromatic N) is 1. The van der Waals surface area contributed by atoms with Crippen LogP contribution < -0.4 is 5.73 Å². The van der Waals surface area contributed by atoms with Gasteiger partial charge in [0.25, 0.3) is 15.9 Å². The van der Waals surface area contributed by atoms with E-state index in [0.717, 1.165) is 10.7 Å². The van der Waals surface area contributed by atoms with Gasteiger partial charge in [0.15, 0.2) is 0 Å². The highest BCUT2D eigenvalue weighted by Gasteiger charge is 2.29. The number of benzene rings is 2. The summed E-state index contributed by atoms with van der Waals surface area (Å²) in [7, 11) is -3.91. The second-order valence-electron chi connectivity index (χ2n) is 5.17. The Morgan fingerprint density at radius 2 is 1.65 bits per heavy atom. The number of nitrogens with two attached hydrogens (primary N) is 1. The molecular weight excluding hydrogens is 312 g/mol. The fourth-order valence-electron chi connectivity index (χ4n) is 2.12. The number of rotatable bonds is 6. The SMILES string of the molecule is CCCCN(C(=O)c1ccccc1)S(=O)(=O)c1ccc(N)cc1. The third-order valence-corrected chi connectivity index (χ3v) is 5.23. The van der Waals surface area contributed by atoms with Crippen LogP contribution in [-0.4, -0.2) is 25.2 Å². The van der Waals surface area contributed by atoms with Crippen LogP contribution in [-0.2, 0) is 10.0 Å². The van der Waals surface area contributed by atoms with Crippen molar-refractivity contribution in [2.24, 2.45) is 0 Å². The maximum atomic E-state index is 12.8. The van der Waals surface area contributed by atoms with E-state index in [-0.39, 0.29) is 11.4 Å². The van der Waals surface area contributed by atoms with Crippen LogP contribution in [0.5, 0.6) is 0 Å². The van der Waals surface area contributed by atoms with Crippen LogP contribution in [0, 0.1) is 0 Å². The van der Waals surface area contributed by atoms with Crippen molar-refractivity contribution in [3.8, 4) is 0 Å². The van der Waals surface area contributed by atoms with Gasteiger partial charge in [-0.2, -0.15) is 0 Å². The molecule has 0 unspecified atom stereocenters. The van der Waals surface area contributed by atoms with Crippen LogP contribution in [0.1, 0.15) is 30.1 Å². The summed E-state index contributed by atoms with van der Waals surface area (Å²) >= 11 is 0. The van der Waals surface area contributed by atoms with Gasteiger partial charge in [-0.3, -0.25) is 4.79 Å². The van der Waals surface area contributed by atoms with Crippen LogP contribution in [0.15, 0.2) is 59.5 Å². The summed E-state index contributed by atoms with van der Waals surface area (Å²) in [6, 6.07) is 14.3. The number of hydrogen-bond donors (Lipinski definition) is 1. The largest absolute Gasteiger partial charge is 0.399 e. The molecular formula is C17H20N2O3S. The van der Waals surface area contributed by atoms with Gasteiger partial charge in [-0.1, -0.05) is 31.5 Å². The van der Waals surface area contributed by atoms with E-state index in [9.17, 15) is 13.2 Å². The molecule has 2 N–H and O–H groups in total. The Morgan fingerprint density at radius 3 is 2.22 bits per heavy atom. The molecule has 1 amide bonds. The molecule has 0 spiro atoms. The minimum absolute atomic E-state index is 0.0621. The van der Waals surface area contributed by atoms with Gasteiger partial charge in [-0.15, -0.1) is 0 Å². The Hall–Kier alpha value is -2.34. The van der Waals surface area contributed by atoms with Gasteiger partial charge >= 0.3 is 0 Å². The van der Waals surface area contributed by atoms with E-state index < -0.39 is 15.9 Å². The number of hydrogen-bond acceptors (Lipinski definition) is 4. The van der Waals surface area contributed by atoms with Crippen molar-refractivity contribution in [2.45, 2.75) is 24.7 Å². The second-order valence-corrected chi connectivity index (χ2v) is 7.03. The molecule has 0 heterocycles. The number of carbonyl (C=O) groups is 1. The van der Waals surface area contributed by atoms with E-state index in [1.54, 1.807) is 30.3 Å². The first-order valence-electron chi connectivity index (χ1n) is 7.44. The summed E-state index contributed by atoms with van der Waals surface area (Å²) in [5.41, 5.74) is 6.42. The number of carbonyl (C=O) groups excluding carboxylic acids is 1. The third-order valence-electron chi connectivity index (χ3n) is 3.43. The maximum absolute atomic E-state index is 12.8. The number of nitrogen functional groups attached to an aromatic ring is 1. The average molecular weight is 332 g/mol. The Labute approximate surface area is 136 Å². The molecule has 122 valence electrons. The number of amides is 1. The highest BCUT2D eigenvalue weighted by atomic mass is 32.2. The summed E-state index contributed by atoms with van der Waals surface area (Å²) in [5.74, 6) is -0.518. The first kappa shape index (κ1) is 17.0. The Morgan fingerprint density at radius 1 is 1.04 bits per heavy atom. The van der Waals surface area contributed by atoms with Gasteiger partial charge in [-0.05, 0) is 42.8 Å². The van der Waals surface area contributed by atoms with Crippen LogP contribution in [0.25, 0.3) is 0 Å². The van der Waals surface area contributed by atoms with Gasteiger partial charge in [0.2, 0.25) is 0 Å². The lowest BCUT2D eigenvalue weighted by atomic mass is 10.2. The highest BCUT2D eigenvalue weighted by Crippen LogP contribution is 2.20. The van der Waals surface area contributed by atoms with E-state index in [4.69, 9.17) is 5.73 Å². The Balaban J connectivity index is 2.41. The quantitative estimate of drug-likeness (QED) is 0.825. The lowest BCUT2D eigenvalue weighted by Gasteiger charge is -2.22. The standard InChI is InChI=1S/C17H20N2O3S/c1-2-3-13-19(17(20)14-7-5-4-6-8-14)23(21,22)16-11-9-15(18)10-12-16/h4-12H,2-3,13,18H2,1H3. The van der Waals surface area contributed by atoms with Crippen molar-refractivity contribution < 1.29 is 13.2 Å². The van der Waals surface area contributed by atoms with Crippen molar-refractivity contribution in [1.82, 2.24) is 4.31 Å². The van der Waals surface area contributed by atoms with E-state index in [2.05, 4.69) is 0 Å². The molecule has 0 aromatic heterocycles. The fourth-order valence-corrected chi connectivity index (χ4v) is 3.55. The first-order chi connectivity index (χ1) is 11.0. The normalized spacial score (nSPS) is 11.2. The van der Waals surface area contributed by atoms with Crippen LogP contribution in [0.4, 0.5) is 5.69 Å². The Bertz CT molecular complexity index is 756. The number of unbranched alkanes of at least 4 members (excludes halogenated alkanes) is 1. The molecule has 0 fully saturated rings. The van der Waals surface area contributed by atoms with E-state index in [1.165, 1.54) is 24.3 Å². The minimum Gasteiger partial charge on any atom is -0.399 e. The molecule has 0 saturated heterocycles. The predicted molar refractivity (Wildman–Crippen MR) is 90.4 cm³/mol. The summed E-state index contributed by atoms with van der Waals surface area (Å²) in [5, 5.41) is 0. The number of anilines is 1. The van der Waals surface area contributed by atoms with E-state index in [1.807, 2.05) is 6.92 Å². The summed E-state index contributed by atoms with van der Waals surface area (Å²) in [6.07, 6.45) is 1.39. The summed E-state index contributed by atoms with van der Waals surface area (Å²) in [4.78, 5) is 12.7. The average Bonchev–Trinajstić information content (AvgIpc) is 2.56. The zero-order valence-corrected chi connectivity index (χ0v) is 13.8. The topological polar surface area (TPSA) is 80.5 Å². The van der Waals surface area contributed by atoms with Crippen molar-refractivity contribution >= 4 is 21.6 Å². The maximum Gasteiger partial charge on any atom is 0.267 e. The van der Waals surface area contributed by atoms with Gasteiger partial charge in [0.1, 0.15) is 0 Å². The van der Waals surface area contributed by atoms with Gasteiger partial charge in [-0.25, -0.2) is 12.7 Å². The molecule has 23 heavy (non-hydrogen) atoms. The zero-order chi connectivity index (χ0) is 16.9. The fraction of sp³-hybridized carbons (Fsp3) is 0.235. The smallest absolute Gasteiger partial charge is 0.267 e. The van der Waals surface area contributed by atoms with Gasteiger partial charge in [0, 0.05) is 17.8 Å².